The molecule has 2 heterocycles. The van der Waals surface area contributed by atoms with Gasteiger partial charge in [0.05, 0.1) is 12.8 Å². The SMILES string of the molecule is O=C(NCc1ccco1)C1CCCN1C(=O)NC1CC1. The second-order valence-electron chi connectivity index (χ2n) is 5.37. The van der Waals surface area contributed by atoms with Gasteiger partial charge < -0.3 is 20.0 Å². The Bertz CT molecular complexity index is 482. The third-order valence-corrected chi connectivity index (χ3v) is 3.74. The first-order chi connectivity index (χ1) is 9.74. The minimum absolute atomic E-state index is 0.107. The van der Waals surface area contributed by atoms with Crippen LogP contribution in [-0.4, -0.2) is 35.5 Å². The molecule has 6 nitrogen and oxygen atoms in total. The molecule has 1 atom stereocenters. The van der Waals surface area contributed by atoms with E-state index in [1.807, 2.05) is 6.07 Å². The molecular formula is C14H19N3O3. The summed E-state index contributed by atoms with van der Waals surface area (Å²) in [5.74, 6) is 0.607. The van der Waals surface area contributed by atoms with E-state index in [1.54, 1.807) is 17.2 Å². The van der Waals surface area contributed by atoms with Crippen LogP contribution in [0.1, 0.15) is 31.4 Å². The molecular weight excluding hydrogens is 258 g/mol. The summed E-state index contributed by atoms with van der Waals surface area (Å²) in [6.07, 6.45) is 5.27. The Labute approximate surface area is 117 Å². The van der Waals surface area contributed by atoms with Crippen molar-refractivity contribution in [3.05, 3.63) is 24.2 Å². The van der Waals surface area contributed by atoms with Crippen molar-refractivity contribution < 1.29 is 14.0 Å². The molecule has 3 amide bonds. The van der Waals surface area contributed by atoms with E-state index < -0.39 is 0 Å². The Balaban J connectivity index is 1.53. The number of carbonyl (C=O) groups excluding carboxylic acids is 2. The third kappa shape index (κ3) is 2.95. The zero-order chi connectivity index (χ0) is 13.9. The van der Waals surface area contributed by atoms with Gasteiger partial charge in [-0.05, 0) is 37.8 Å². The standard InChI is InChI=1S/C14H19N3O3/c18-13(15-9-11-3-2-8-20-11)12-4-1-7-17(12)14(19)16-10-5-6-10/h2-3,8,10,12H,1,4-7,9H2,(H,15,18)(H,16,19). The Morgan fingerprint density at radius 2 is 2.20 bits per heavy atom. The summed E-state index contributed by atoms with van der Waals surface area (Å²) in [6.45, 7) is 1.01. The van der Waals surface area contributed by atoms with Gasteiger partial charge in [0.2, 0.25) is 5.91 Å². The van der Waals surface area contributed by atoms with Crippen molar-refractivity contribution in [3.8, 4) is 0 Å². The number of amides is 3. The number of likely N-dealkylation sites (tertiary alicyclic amines) is 1. The summed E-state index contributed by atoms with van der Waals surface area (Å²) in [5.41, 5.74) is 0. The van der Waals surface area contributed by atoms with E-state index in [1.165, 1.54) is 0 Å². The van der Waals surface area contributed by atoms with Gasteiger partial charge in [-0.15, -0.1) is 0 Å². The van der Waals surface area contributed by atoms with Gasteiger partial charge in [0.25, 0.3) is 0 Å². The number of nitrogens with one attached hydrogen (secondary N) is 2. The largest absolute Gasteiger partial charge is 0.467 e. The van der Waals surface area contributed by atoms with Crippen LogP contribution in [0.2, 0.25) is 0 Å². The van der Waals surface area contributed by atoms with Crippen molar-refractivity contribution in [2.24, 2.45) is 0 Å². The minimum atomic E-state index is -0.358. The smallest absolute Gasteiger partial charge is 0.318 e. The molecule has 2 N–H and O–H groups in total. The van der Waals surface area contributed by atoms with Gasteiger partial charge in [-0.3, -0.25) is 4.79 Å². The van der Waals surface area contributed by atoms with Crippen molar-refractivity contribution in [3.63, 3.8) is 0 Å². The monoisotopic (exact) mass is 277 g/mol. The first-order valence-electron chi connectivity index (χ1n) is 7.11. The molecule has 0 bridgehead atoms. The molecule has 20 heavy (non-hydrogen) atoms. The van der Waals surface area contributed by atoms with Crippen LogP contribution in [0.3, 0.4) is 0 Å². The quantitative estimate of drug-likeness (QED) is 0.869. The summed E-state index contributed by atoms with van der Waals surface area (Å²) >= 11 is 0. The molecule has 1 unspecified atom stereocenters. The van der Waals surface area contributed by atoms with Gasteiger partial charge in [0.15, 0.2) is 0 Å². The van der Waals surface area contributed by atoms with Crippen LogP contribution >= 0.6 is 0 Å². The van der Waals surface area contributed by atoms with E-state index in [4.69, 9.17) is 4.42 Å². The number of rotatable bonds is 4. The van der Waals surface area contributed by atoms with E-state index in [2.05, 4.69) is 10.6 Å². The summed E-state index contributed by atoms with van der Waals surface area (Å²) < 4.78 is 5.17. The van der Waals surface area contributed by atoms with Crippen LogP contribution in [0.15, 0.2) is 22.8 Å². The molecule has 6 heteroatoms. The number of nitrogens with zero attached hydrogens (tertiary/aromatic N) is 1. The van der Waals surface area contributed by atoms with Crippen molar-refractivity contribution >= 4 is 11.9 Å². The molecule has 3 rings (SSSR count). The molecule has 1 aromatic rings. The zero-order valence-electron chi connectivity index (χ0n) is 11.3. The van der Waals surface area contributed by atoms with E-state index >= 15 is 0 Å². The van der Waals surface area contributed by atoms with Crippen molar-refractivity contribution in [2.45, 2.75) is 44.3 Å². The molecule has 1 aliphatic carbocycles. The van der Waals surface area contributed by atoms with Gasteiger partial charge in [0, 0.05) is 12.6 Å². The highest BCUT2D eigenvalue weighted by Gasteiger charge is 2.36. The Kier molecular flexibility index (Phi) is 3.62. The van der Waals surface area contributed by atoms with Gasteiger partial charge in [-0.1, -0.05) is 0 Å². The fourth-order valence-corrected chi connectivity index (χ4v) is 2.47. The van der Waals surface area contributed by atoms with Crippen LogP contribution < -0.4 is 10.6 Å². The predicted molar refractivity (Wildman–Crippen MR) is 71.8 cm³/mol. The fourth-order valence-electron chi connectivity index (χ4n) is 2.47. The van der Waals surface area contributed by atoms with Crippen LogP contribution in [0.4, 0.5) is 4.79 Å². The Hall–Kier alpha value is -1.98. The summed E-state index contributed by atoms with van der Waals surface area (Å²) in [6, 6.07) is 3.45. The van der Waals surface area contributed by atoms with Crippen molar-refractivity contribution in [1.29, 1.82) is 0 Å². The maximum Gasteiger partial charge on any atom is 0.318 e. The lowest BCUT2D eigenvalue weighted by atomic mass is 10.2. The number of carbonyl (C=O) groups is 2. The molecule has 0 radical (unpaired) electrons. The first-order valence-corrected chi connectivity index (χ1v) is 7.11. The lowest BCUT2D eigenvalue weighted by Crippen LogP contribution is -2.49. The van der Waals surface area contributed by atoms with Crippen LogP contribution in [0.25, 0.3) is 0 Å². The minimum Gasteiger partial charge on any atom is -0.467 e. The predicted octanol–water partition coefficient (Wildman–Crippen LogP) is 1.23. The van der Waals surface area contributed by atoms with Crippen LogP contribution in [0, 0.1) is 0 Å². The maximum atomic E-state index is 12.2. The molecule has 1 saturated carbocycles. The molecule has 2 aliphatic rings. The number of hydrogen-bond donors (Lipinski definition) is 2. The van der Waals surface area contributed by atoms with Gasteiger partial charge >= 0.3 is 6.03 Å². The van der Waals surface area contributed by atoms with E-state index in [0.29, 0.717) is 24.9 Å². The van der Waals surface area contributed by atoms with Crippen LogP contribution in [-0.2, 0) is 11.3 Å². The van der Waals surface area contributed by atoms with Crippen molar-refractivity contribution in [1.82, 2.24) is 15.5 Å². The van der Waals surface area contributed by atoms with Gasteiger partial charge in [-0.25, -0.2) is 4.79 Å². The topological polar surface area (TPSA) is 74.6 Å². The molecule has 0 spiro atoms. The second-order valence-corrected chi connectivity index (χ2v) is 5.37. The third-order valence-electron chi connectivity index (χ3n) is 3.74. The second kappa shape index (κ2) is 5.56. The normalized spacial score (nSPS) is 21.8. The lowest BCUT2D eigenvalue weighted by molar-refractivity contribution is -0.124. The molecule has 0 aromatic carbocycles. The molecule has 2 fully saturated rings. The van der Waals surface area contributed by atoms with E-state index in [-0.39, 0.29) is 18.0 Å². The van der Waals surface area contributed by atoms with E-state index in [0.717, 1.165) is 25.7 Å². The average Bonchev–Trinajstić information content (AvgIpc) is 2.98. The molecule has 108 valence electrons. The van der Waals surface area contributed by atoms with Crippen LogP contribution in [0.5, 0.6) is 0 Å². The average molecular weight is 277 g/mol. The zero-order valence-corrected chi connectivity index (χ0v) is 11.3. The highest BCUT2D eigenvalue weighted by atomic mass is 16.3. The summed E-state index contributed by atoms with van der Waals surface area (Å²) in [4.78, 5) is 25.9. The maximum absolute atomic E-state index is 12.2. The molecule has 1 aromatic heterocycles. The highest BCUT2D eigenvalue weighted by Crippen LogP contribution is 2.22. The Morgan fingerprint density at radius 1 is 1.35 bits per heavy atom. The lowest BCUT2D eigenvalue weighted by Gasteiger charge is -2.24. The van der Waals surface area contributed by atoms with Gasteiger partial charge in [0.1, 0.15) is 11.8 Å². The summed E-state index contributed by atoms with van der Waals surface area (Å²) in [7, 11) is 0. The first kappa shape index (κ1) is 13.0. The highest BCUT2D eigenvalue weighted by molar-refractivity contribution is 5.87. The van der Waals surface area contributed by atoms with Crippen molar-refractivity contribution in [2.75, 3.05) is 6.54 Å². The number of hydrogen-bond acceptors (Lipinski definition) is 3. The fraction of sp³-hybridized carbons (Fsp3) is 0.571. The van der Waals surface area contributed by atoms with E-state index in [9.17, 15) is 9.59 Å². The number of urea groups is 1. The molecule has 1 aliphatic heterocycles. The van der Waals surface area contributed by atoms with Gasteiger partial charge in [-0.2, -0.15) is 0 Å². The molecule has 1 saturated heterocycles. The number of furan rings is 1. The Morgan fingerprint density at radius 3 is 2.90 bits per heavy atom. The summed E-state index contributed by atoms with van der Waals surface area (Å²) in [5, 5.41) is 5.77.